The van der Waals surface area contributed by atoms with E-state index in [0.29, 0.717) is 11.4 Å². The fourth-order valence-corrected chi connectivity index (χ4v) is 2.13. The Labute approximate surface area is 127 Å². The van der Waals surface area contributed by atoms with Crippen molar-refractivity contribution in [2.24, 2.45) is 0 Å². The molecule has 0 bridgehead atoms. The number of nitrogens with zero attached hydrogens (tertiary/aromatic N) is 1. The molecular weight excluding hydrogens is 349 g/mol. The molecule has 1 aromatic heterocycles. The van der Waals surface area contributed by atoms with Crippen molar-refractivity contribution in [3.63, 3.8) is 0 Å². The third-order valence-electron chi connectivity index (χ3n) is 2.69. The molecule has 0 fully saturated rings. The van der Waals surface area contributed by atoms with Crippen molar-refractivity contribution >= 4 is 27.5 Å². The molecule has 2 aromatic rings. The van der Waals surface area contributed by atoms with Gasteiger partial charge >= 0.3 is 6.18 Å². The molecule has 1 N–H and O–H groups in total. The zero-order chi connectivity index (χ0) is 15.6. The number of aromatic nitrogens is 1. The number of aryl methyl sites for hydroxylation is 1. The minimum Gasteiger partial charge on any atom is -0.322 e. The van der Waals surface area contributed by atoms with Gasteiger partial charge in [-0.25, -0.2) is 0 Å². The van der Waals surface area contributed by atoms with Crippen LogP contribution in [0.5, 0.6) is 0 Å². The molecule has 7 heteroatoms. The lowest BCUT2D eigenvalue weighted by Crippen LogP contribution is -2.18. The Hall–Kier alpha value is -1.89. The third kappa shape index (κ3) is 3.81. The molecule has 1 amide bonds. The second-order valence-electron chi connectivity index (χ2n) is 4.33. The van der Waals surface area contributed by atoms with E-state index in [1.807, 2.05) is 0 Å². The van der Waals surface area contributed by atoms with Gasteiger partial charge < -0.3 is 5.32 Å². The van der Waals surface area contributed by atoms with E-state index in [1.54, 1.807) is 13.0 Å². The zero-order valence-electron chi connectivity index (χ0n) is 10.8. The van der Waals surface area contributed by atoms with Crippen molar-refractivity contribution in [1.82, 2.24) is 4.98 Å². The quantitative estimate of drug-likeness (QED) is 0.862. The minimum atomic E-state index is -4.61. The number of hydrogen-bond acceptors (Lipinski definition) is 2. The molecule has 0 aliphatic carbocycles. The molecule has 2 rings (SSSR count). The van der Waals surface area contributed by atoms with Crippen LogP contribution in [0, 0.1) is 6.92 Å². The fraction of sp³-hybridized carbons (Fsp3) is 0.143. The second-order valence-corrected chi connectivity index (χ2v) is 5.24. The molecule has 21 heavy (non-hydrogen) atoms. The summed E-state index contributed by atoms with van der Waals surface area (Å²) in [6.45, 7) is 1.72. The van der Waals surface area contributed by atoms with Crippen LogP contribution in [0.2, 0.25) is 0 Å². The maximum Gasteiger partial charge on any atom is 0.417 e. The van der Waals surface area contributed by atoms with Crippen molar-refractivity contribution < 1.29 is 18.0 Å². The predicted molar refractivity (Wildman–Crippen MR) is 76.1 cm³/mol. The molecule has 3 nitrogen and oxygen atoms in total. The number of amides is 1. The van der Waals surface area contributed by atoms with Gasteiger partial charge in [-0.2, -0.15) is 13.2 Å². The van der Waals surface area contributed by atoms with Crippen molar-refractivity contribution in [3.05, 3.63) is 57.8 Å². The summed E-state index contributed by atoms with van der Waals surface area (Å²) >= 11 is 2.97. The van der Waals surface area contributed by atoms with Crippen molar-refractivity contribution in [2.75, 3.05) is 5.32 Å². The van der Waals surface area contributed by atoms with Crippen LogP contribution >= 0.6 is 15.9 Å². The van der Waals surface area contributed by atoms with E-state index < -0.39 is 23.2 Å². The highest BCUT2D eigenvalue weighted by atomic mass is 79.9. The number of carbonyl (C=O) groups is 1. The highest BCUT2D eigenvalue weighted by Gasteiger charge is 2.35. The number of halogens is 4. The maximum atomic E-state index is 13.0. The Morgan fingerprint density at radius 3 is 2.57 bits per heavy atom. The lowest BCUT2D eigenvalue weighted by Gasteiger charge is -2.13. The normalized spacial score (nSPS) is 11.3. The van der Waals surface area contributed by atoms with Gasteiger partial charge in [-0.15, -0.1) is 0 Å². The molecular formula is C14H10BrF3N2O. The van der Waals surface area contributed by atoms with Crippen LogP contribution in [0.25, 0.3) is 0 Å². The minimum absolute atomic E-state index is 0.256. The number of hydrogen-bond donors (Lipinski definition) is 1. The average molecular weight is 359 g/mol. The van der Waals surface area contributed by atoms with Gasteiger partial charge in [0.15, 0.2) is 0 Å². The molecule has 110 valence electrons. The molecule has 0 unspecified atom stereocenters. The first kappa shape index (κ1) is 15.5. The van der Waals surface area contributed by atoms with Gasteiger partial charge in [-0.3, -0.25) is 9.78 Å². The van der Waals surface area contributed by atoms with Crippen LogP contribution in [-0.4, -0.2) is 10.9 Å². The van der Waals surface area contributed by atoms with E-state index in [4.69, 9.17) is 0 Å². The predicted octanol–water partition coefficient (Wildman–Crippen LogP) is 4.42. The first-order valence-corrected chi connectivity index (χ1v) is 6.67. The number of carbonyl (C=O) groups excluding carboxylic acids is 1. The third-order valence-corrected chi connectivity index (χ3v) is 3.18. The van der Waals surface area contributed by atoms with Crippen LogP contribution in [0.1, 0.15) is 21.6 Å². The Morgan fingerprint density at radius 2 is 1.95 bits per heavy atom. The Balaban J connectivity index is 2.35. The Bertz CT molecular complexity index is 686. The largest absolute Gasteiger partial charge is 0.417 e. The van der Waals surface area contributed by atoms with E-state index in [9.17, 15) is 18.0 Å². The van der Waals surface area contributed by atoms with E-state index in [1.165, 1.54) is 18.3 Å². The summed E-state index contributed by atoms with van der Waals surface area (Å²) in [7, 11) is 0. The monoisotopic (exact) mass is 358 g/mol. The standard InChI is InChI=1S/C14H10BrF3N2O/c1-8-6-10(4-5-19-8)20-13(21)11-3-2-9(15)7-12(11)14(16,17)18/h2-7H,1H3,(H,19,20,21). The van der Waals surface area contributed by atoms with Gasteiger partial charge in [0.1, 0.15) is 0 Å². The number of nitrogens with one attached hydrogen (secondary N) is 1. The molecule has 0 saturated carbocycles. The van der Waals surface area contributed by atoms with Crippen molar-refractivity contribution in [2.45, 2.75) is 13.1 Å². The zero-order valence-corrected chi connectivity index (χ0v) is 12.4. The molecule has 0 spiro atoms. The number of benzene rings is 1. The fourth-order valence-electron chi connectivity index (χ4n) is 1.77. The van der Waals surface area contributed by atoms with Gasteiger partial charge in [-0.1, -0.05) is 15.9 Å². The molecule has 0 aliphatic heterocycles. The maximum absolute atomic E-state index is 13.0. The first-order valence-electron chi connectivity index (χ1n) is 5.88. The van der Waals surface area contributed by atoms with Crippen LogP contribution in [0.3, 0.4) is 0 Å². The number of rotatable bonds is 2. The van der Waals surface area contributed by atoms with Crippen LogP contribution in [0.4, 0.5) is 18.9 Å². The highest BCUT2D eigenvalue weighted by Crippen LogP contribution is 2.34. The second kappa shape index (κ2) is 5.85. The lowest BCUT2D eigenvalue weighted by atomic mass is 10.1. The number of anilines is 1. The smallest absolute Gasteiger partial charge is 0.322 e. The van der Waals surface area contributed by atoms with Gasteiger partial charge in [-0.05, 0) is 37.3 Å². The molecule has 1 aromatic carbocycles. The molecule has 0 aliphatic rings. The van der Waals surface area contributed by atoms with Crippen molar-refractivity contribution in [3.8, 4) is 0 Å². The van der Waals surface area contributed by atoms with E-state index in [0.717, 1.165) is 12.1 Å². The van der Waals surface area contributed by atoms with Crippen LogP contribution in [-0.2, 0) is 6.18 Å². The lowest BCUT2D eigenvalue weighted by molar-refractivity contribution is -0.137. The van der Waals surface area contributed by atoms with Crippen molar-refractivity contribution in [1.29, 1.82) is 0 Å². The molecule has 1 heterocycles. The topological polar surface area (TPSA) is 42.0 Å². The summed E-state index contributed by atoms with van der Waals surface area (Å²) in [5.74, 6) is -0.819. The highest BCUT2D eigenvalue weighted by molar-refractivity contribution is 9.10. The van der Waals surface area contributed by atoms with E-state index in [2.05, 4.69) is 26.2 Å². The summed E-state index contributed by atoms with van der Waals surface area (Å²) < 4.78 is 39.2. The summed E-state index contributed by atoms with van der Waals surface area (Å²) in [5.41, 5.74) is -0.372. The van der Waals surface area contributed by atoms with Crippen LogP contribution < -0.4 is 5.32 Å². The van der Waals surface area contributed by atoms with Gasteiger partial charge in [0.05, 0.1) is 11.1 Å². The summed E-state index contributed by atoms with van der Waals surface area (Å²) in [6.07, 6.45) is -3.14. The molecule has 0 atom stereocenters. The number of alkyl halides is 3. The SMILES string of the molecule is Cc1cc(NC(=O)c2ccc(Br)cc2C(F)(F)F)ccn1. The Morgan fingerprint density at radius 1 is 1.24 bits per heavy atom. The van der Waals surface area contributed by atoms with Crippen LogP contribution in [0.15, 0.2) is 41.0 Å². The summed E-state index contributed by atoms with van der Waals surface area (Å²) in [4.78, 5) is 16.0. The van der Waals surface area contributed by atoms with Gasteiger partial charge in [0.2, 0.25) is 0 Å². The molecule has 0 radical (unpaired) electrons. The summed E-state index contributed by atoms with van der Waals surface area (Å²) in [5, 5.41) is 2.44. The van der Waals surface area contributed by atoms with Gasteiger partial charge in [0, 0.05) is 22.1 Å². The van der Waals surface area contributed by atoms with E-state index in [-0.39, 0.29) is 4.47 Å². The van der Waals surface area contributed by atoms with Gasteiger partial charge in [0.25, 0.3) is 5.91 Å². The summed E-state index contributed by atoms with van der Waals surface area (Å²) in [6, 6.07) is 6.49. The van der Waals surface area contributed by atoms with E-state index >= 15 is 0 Å². The first-order chi connectivity index (χ1) is 9.77. The average Bonchev–Trinajstić information content (AvgIpc) is 2.37. The number of pyridine rings is 1. The Kier molecular flexibility index (Phi) is 4.32. The molecule has 0 saturated heterocycles.